The zero-order valence-corrected chi connectivity index (χ0v) is 12.6. The zero-order chi connectivity index (χ0) is 14.2. The van der Waals surface area contributed by atoms with Gasteiger partial charge in [0.15, 0.2) is 0 Å². The third kappa shape index (κ3) is 2.64. The highest BCUT2D eigenvalue weighted by molar-refractivity contribution is 7.91. The van der Waals surface area contributed by atoms with Crippen molar-refractivity contribution in [2.75, 3.05) is 18.4 Å². The van der Waals surface area contributed by atoms with Crippen LogP contribution in [-0.4, -0.2) is 41.8 Å². The fourth-order valence-corrected chi connectivity index (χ4v) is 5.01. The monoisotopic (exact) mass is 330 g/mol. The molecule has 2 aromatic rings. The molecule has 3 heterocycles. The van der Waals surface area contributed by atoms with Gasteiger partial charge in [0.1, 0.15) is 4.21 Å². The Hall–Kier alpha value is -1.22. The van der Waals surface area contributed by atoms with Crippen LogP contribution in [0.25, 0.3) is 0 Å². The summed E-state index contributed by atoms with van der Waals surface area (Å²) < 4.78 is 26.6. The summed E-state index contributed by atoms with van der Waals surface area (Å²) in [6.07, 6.45) is 3.27. The number of thiophene rings is 1. The van der Waals surface area contributed by atoms with Crippen molar-refractivity contribution in [2.24, 2.45) is 0 Å². The van der Waals surface area contributed by atoms with Crippen molar-refractivity contribution in [3.05, 3.63) is 34.9 Å². The quantitative estimate of drug-likeness (QED) is 0.923. The number of nitrogens with zero attached hydrogens (tertiary/aromatic N) is 3. The molecular weight excluding hydrogens is 320 g/mol. The molecule has 2 aromatic heterocycles. The first-order valence-electron chi connectivity index (χ1n) is 5.85. The average molecular weight is 331 g/mol. The van der Waals surface area contributed by atoms with E-state index in [0.717, 1.165) is 11.3 Å². The maximum atomic E-state index is 12.2. The van der Waals surface area contributed by atoms with Crippen LogP contribution in [0.1, 0.15) is 0 Å². The van der Waals surface area contributed by atoms with Crippen LogP contribution in [0.4, 0.5) is 5.95 Å². The van der Waals surface area contributed by atoms with Crippen LogP contribution in [-0.2, 0) is 10.0 Å². The molecule has 1 aliphatic rings. The fourth-order valence-electron chi connectivity index (χ4n) is 1.85. The molecular formula is C11H11ClN4O2S2. The molecule has 1 saturated heterocycles. The molecule has 0 amide bonds. The van der Waals surface area contributed by atoms with Crippen LogP contribution in [0.2, 0.25) is 4.34 Å². The Labute approximate surface area is 125 Å². The number of halogens is 1. The lowest BCUT2D eigenvalue weighted by atomic mass is 10.2. The molecule has 6 nitrogen and oxygen atoms in total. The topological polar surface area (TPSA) is 75.2 Å². The van der Waals surface area contributed by atoms with Crippen LogP contribution in [0.5, 0.6) is 0 Å². The minimum Gasteiger partial charge on any atom is -0.349 e. The van der Waals surface area contributed by atoms with Crippen molar-refractivity contribution in [1.82, 2.24) is 14.3 Å². The van der Waals surface area contributed by atoms with Crippen molar-refractivity contribution >= 4 is 38.9 Å². The molecule has 1 aliphatic heterocycles. The highest BCUT2D eigenvalue weighted by atomic mass is 35.5. The summed E-state index contributed by atoms with van der Waals surface area (Å²) in [5, 5.41) is 3.09. The van der Waals surface area contributed by atoms with Gasteiger partial charge in [0.05, 0.1) is 10.4 Å². The number of sulfonamides is 1. The van der Waals surface area contributed by atoms with Gasteiger partial charge in [-0.1, -0.05) is 11.6 Å². The minimum absolute atomic E-state index is 0.0302. The lowest BCUT2D eigenvalue weighted by Gasteiger charge is -2.37. The van der Waals surface area contributed by atoms with Gasteiger partial charge in [0, 0.05) is 25.5 Å². The smallest absolute Gasteiger partial charge is 0.252 e. The van der Waals surface area contributed by atoms with Gasteiger partial charge < -0.3 is 5.32 Å². The molecule has 0 bridgehead atoms. The molecule has 20 heavy (non-hydrogen) atoms. The molecule has 1 fully saturated rings. The third-order valence-electron chi connectivity index (χ3n) is 2.89. The van der Waals surface area contributed by atoms with Gasteiger partial charge >= 0.3 is 0 Å². The van der Waals surface area contributed by atoms with Crippen LogP contribution in [0.15, 0.2) is 34.8 Å². The number of aromatic nitrogens is 2. The lowest BCUT2D eigenvalue weighted by molar-refractivity contribution is 0.280. The first-order valence-corrected chi connectivity index (χ1v) is 8.48. The average Bonchev–Trinajstić information content (AvgIpc) is 2.82. The molecule has 0 unspecified atom stereocenters. The van der Waals surface area contributed by atoms with Gasteiger partial charge in [-0.3, -0.25) is 0 Å². The van der Waals surface area contributed by atoms with Crippen molar-refractivity contribution in [3.63, 3.8) is 0 Å². The number of nitrogens with one attached hydrogen (secondary N) is 1. The van der Waals surface area contributed by atoms with Crippen LogP contribution in [0, 0.1) is 0 Å². The lowest BCUT2D eigenvalue weighted by Crippen LogP contribution is -2.56. The van der Waals surface area contributed by atoms with Gasteiger partial charge in [-0.2, -0.15) is 4.31 Å². The predicted octanol–water partition coefficient (Wildman–Crippen LogP) is 1.68. The summed E-state index contributed by atoms with van der Waals surface area (Å²) in [6.45, 7) is 0.798. The van der Waals surface area contributed by atoms with E-state index in [2.05, 4.69) is 15.3 Å². The fraction of sp³-hybridized carbons (Fsp3) is 0.273. The first kappa shape index (κ1) is 13.7. The number of hydrogen-bond donors (Lipinski definition) is 1. The molecule has 1 N–H and O–H groups in total. The van der Waals surface area contributed by atoms with Gasteiger partial charge in [-0.05, 0) is 18.2 Å². The Morgan fingerprint density at radius 1 is 1.30 bits per heavy atom. The number of hydrogen-bond acceptors (Lipinski definition) is 6. The maximum Gasteiger partial charge on any atom is 0.252 e. The molecule has 0 aromatic carbocycles. The van der Waals surface area contributed by atoms with Gasteiger partial charge in [0.25, 0.3) is 10.0 Å². The van der Waals surface area contributed by atoms with Crippen LogP contribution < -0.4 is 5.32 Å². The Morgan fingerprint density at radius 3 is 2.60 bits per heavy atom. The number of anilines is 1. The third-order valence-corrected chi connectivity index (χ3v) is 6.42. The molecule has 106 valence electrons. The Bertz CT molecular complexity index is 698. The second-order valence-electron chi connectivity index (χ2n) is 4.29. The molecule has 0 atom stereocenters. The molecule has 0 spiro atoms. The highest BCUT2D eigenvalue weighted by Gasteiger charge is 2.37. The van der Waals surface area contributed by atoms with Gasteiger partial charge in [0.2, 0.25) is 5.95 Å². The van der Waals surface area contributed by atoms with E-state index in [1.54, 1.807) is 24.5 Å². The standard InChI is InChI=1S/C11H11ClN4O2S2/c12-9-2-3-10(19-9)20(17,18)16-6-8(7-16)15-11-13-4-1-5-14-11/h1-5,8H,6-7H2,(H,13,14,15). The van der Waals surface area contributed by atoms with Crippen molar-refractivity contribution in [3.8, 4) is 0 Å². The molecule has 0 aliphatic carbocycles. The normalized spacial score (nSPS) is 16.9. The molecule has 9 heteroatoms. The largest absolute Gasteiger partial charge is 0.349 e. The summed E-state index contributed by atoms with van der Waals surface area (Å²) >= 11 is 6.84. The van der Waals surface area contributed by atoms with E-state index in [0.29, 0.717) is 23.4 Å². The Morgan fingerprint density at radius 2 is 2.00 bits per heavy atom. The highest BCUT2D eigenvalue weighted by Crippen LogP contribution is 2.30. The second kappa shape index (κ2) is 5.28. The SMILES string of the molecule is O=S(=O)(c1ccc(Cl)s1)N1CC(Nc2ncccn2)C1. The van der Waals surface area contributed by atoms with Gasteiger partial charge in [-0.25, -0.2) is 18.4 Å². The van der Waals surface area contributed by atoms with E-state index in [9.17, 15) is 8.42 Å². The predicted molar refractivity (Wildman–Crippen MR) is 77.5 cm³/mol. The summed E-state index contributed by atoms with van der Waals surface area (Å²) in [5.74, 6) is 0.508. The van der Waals surface area contributed by atoms with Crippen LogP contribution >= 0.6 is 22.9 Å². The number of rotatable bonds is 4. The molecule has 3 rings (SSSR count). The summed E-state index contributed by atoms with van der Waals surface area (Å²) in [6, 6.07) is 4.88. The van der Waals surface area contributed by atoms with E-state index in [-0.39, 0.29) is 10.3 Å². The Balaban J connectivity index is 1.63. The summed E-state index contributed by atoms with van der Waals surface area (Å²) in [5.41, 5.74) is 0. The van der Waals surface area contributed by atoms with E-state index >= 15 is 0 Å². The van der Waals surface area contributed by atoms with Crippen molar-refractivity contribution in [1.29, 1.82) is 0 Å². The van der Waals surface area contributed by atoms with E-state index < -0.39 is 10.0 Å². The molecule has 0 radical (unpaired) electrons. The van der Waals surface area contributed by atoms with Gasteiger partial charge in [-0.15, -0.1) is 11.3 Å². The minimum atomic E-state index is -3.42. The van der Waals surface area contributed by atoms with Crippen LogP contribution in [0.3, 0.4) is 0 Å². The second-order valence-corrected chi connectivity index (χ2v) is 8.17. The zero-order valence-electron chi connectivity index (χ0n) is 10.2. The van der Waals surface area contributed by atoms with E-state index in [1.807, 2.05) is 0 Å². The first-order chi connectivity index (χ1) is 9.55. The maximum absolute atomic E-state index is 12.2. The van der Waals surface area contributed by atoms with E-state index in [4.69, 9.17) is 11.6 Å². The summed E-state index contributed by atoms with van der Waals surface area (Å²) in [7, 11) is -3.42. The van der Waals surface area contributed by atoms with Crippen molar-refractivity contribution < 1.29 is 8.42 Å². The Kier molecular flexibility index (Phi) is 3.63. The molecule has 0 saturated carbocycles. The van der Waals surface area contributed by atoms with E-state index in [1.165, 1.54) is 10.4 Å². The summed E-state index contributed by atoms with van der Waals surface area (Å²) in [4.78, 5) is 8.09. The van der Waals surface area contributed by atoms with Crippen molar-refractivity contribution in [2.45, 2.75) is 10.3 Å².